The van der Waals surface area contributed by atoms with Crippen molar-refractivity contribution >= 4 is 22.8 Å². The Kier molecular flexibility index (Phi) is 4.80. The number of hydrogen-bond acceptors (Lipinski definition) is 3. The van der Waals surface area contributed by atoms with Crippen LogP contribution in [-0.4, -0.2) is 19.8 Å². The van der Waals surface area contributed by atoms with Crippen LogP contribution in [0, 0.1) is 0 Å². The lowest BCUT2D eigenvalue weighted by molar-refractivity contribution is 0.886. The van der Waals surface area contributed by atoms with Crippen molar-refractivity contribution in [3.05, 3.63) is 42.2 Å². The van der Waals surface area contributed by atoms with Crippen molar-refractivity contribution in [1.82, 2.24) is 14.5 Å². The van der Waals surface area contributed by atoms with Gasteiger partial charge in [0.05, 0.1) is 11.0 Å². The van der Waals surface area contributed by atoms with Crippen molar-refractivity contribution in [3.8, 4) is 11.4 Å². The largest absolute Gasteiger partial charge is 0.327 e. The molecule has 0 radical (unpaired) electrons. The van der Waals surface area contributed by atoms with Gasteiger partial charge >= 0.3 is 0 Å². The fourth-order valence-electron chi connectivity index (χ4n) is 3.77. The van der Waals surface area contributed by atoms with Crippen molar-refractivity contribution in [2.75, 3.05) is 0 Å². The quantitative estimate of drug-likeness (QED) is 0.597. The first-order valence-electron chi connectivity index (χ1n) is 9.32. The predicted octanol–water partition coefficient (Wildman–Crippen LogP) is 5.62. The highest BCUT2D eigenvalue weighted by atomic mass is 32.2. The van der Waals surface area contributed by atoms with Gasteiger partial charge in [-0.3, -0.25) is 4.98 Å². The lowest BCUT2D eigenvalue weighted by Gasteiger charge is -2.12. The summed E-state index contributed by atoms with van der Waals surface area (Å²) >= 11 is 1.99. The van der Waals surface area contributed by atoms with Gasteiger partial charge in [-0.2, -0.15) is 0 Å². The van der Waals surface area contributed by atoms with Crippen molar-refractivity contribution in [2.45, 2.75) is 55.6 Å². The van der Waals surface area contributed by atoms with Crippen LogP contribution in [0.1, 0.15) is 44.6 Å². The maximum atomic E-state index is 4.98. The van der Waals surface area contributed by atoms with E-state index in [9.17, 15) is 0 Å². The number of rotatable bonds is 5. The van der Waals surface area contributed by atoms with E-state index >= 15 is 0 Å². The summed E-state index contributed by atoms with van der Waals surface area (Å²) in [6.07, 6.45) is 11.5. The van der Waals surface area contributed by atoms with E-state index < -0.39 is 0 Å². The first kappa shape index (κ1) is 16.6. The number of aryl methyl sites for hydroxylation is 2. The van der Waals surface area contributed by atoms with Crippen LogP contribution in [0.2, 0.25) is 0 Å². The minimum Gasteiger partial charge on any atom is -0.327 e. The average Bonchev–Trinajstić information content (AvgIpc) is 3.24. The zero-order valence-electron chi connectivity index (χ0n) is 15.0. The zero-order chi connectivity index (χ0) is 17.2. The summed E-state index contributed by atoms with van der Waals surface area (Å²) in [5, 5.41) is 0.730. The van der Waals surface area contributed by atoms with Gasteiger partial charge in [0.1, 0.15) is 5.82 Å². The van der Waals surface area contributed by atoms with Gasteiger partial charge in [-0.05, 0) is 43.0 Å². The molecule has 0 bridgehead atoms. The second-order valence-corrected chi connectivity index (χ2v) is 8.31. The van der Waals surface area contributed by atoms with E-state index in [4.69, 9.17) is 4.98 Å². The summed E-state index contributed by atoms with van der Waals surface area (Å²) in [7, 11) is 2.12. The highest BCUT2D eigenvalue weighted by Crippen LogP contribution is 2.39. The monoisotopic (exact) mass is 351 g/mol. The van der Waals surface area contributed by atoms with Crippen LogP contribution in [0.4, 0.5) is 0 Å². The molecule has 25 heavy (non-hydrogen) atoms. The molecule has 3 aromatic rings. The van der Waals surface area contributed by atoms with E-state index in [1.807, 2.05) is 24.2 Å². The Balaban J connectivity index is 1.75. The number of pyridine rings is 1. The molecule has 0 atom stereocenters. The summed E-state index contributed by atoms with van der Waals surface area (Å²) < 4.78 is 2.22. The Morgan fingerprint density at radius 3 is 2.84 bits per heavy atom. The van der Waals surface area contributed by atoms with Gasteiger partial charge in [0, 0.05) is 35.2 Å². The second-order valence-electron chi connectivity index (χ2n) is 6.96. The number of thioether (sulfide) groups is 1. The summed E-state index contributed by atoms with van der Waals surface area (Å²) in [6, 6.07) is 8.80. The summed E-state index contributed by atoms with van der Waals surface area (Å²) in [4.78, 5) is 10.6. The SMILES string of the molecule is CCCc1ccc2c(c1)nc(-c1ccncc1SC1CCCC1)n2C. The molecule has 1 aromatic carbocycles. The minimum absolute atomic E-state index is 0.730. The van der Waals surface area contributed by atoms with E-state index in [0.717, 1.165) is 29.4 Å². The second kappa shape index (κ2) is 7.20. The van der Waals surface area contributed by atoms with Gasteiger partial charge in [0.15, 0.2) is 0 Å². The van der Waals surface area contributed by atoms with Gasteiger partial charge in [-0.25, -0.2) is 4.98 Å². The number of fused-ring (bicyclic) bond motifs is 1. The van der Waals surface area contributed by atoms with E-state index in [1.54, 1.807) is 0 Å². The van der Waals surface area contributed by atoms with Crippen LogP contribution in [0.3, 0.4) is 0 Å². The van der Waals surface area contributed by atoms with Gasteiger partial charge < -0.3 is 4.57 Å². The van der Waals surface area contributed by atoms with Gasteiger partial charge in [-0.15, -0.1) is 11.8 Å². The Morgan fingerprint density at radius 2 is 2.04 bits per heavy atom. The first-order chi connectivity index (χ1) is 12.3. The lowest BCUT2D eigenvalue weighted by Crippen LogP contribution is -1.98. The summed E-state index contributed by atoms with van der Waals surface area (Å²) in [6.45, 7) is 2.22. The average molecular weight is 352 g/mol. The fourth-order valence-corrected chi connectivity index (χ4v) is 5.11. The third-order valence-electron chi connectivity index (χ3n) is 5.11. The number of benzene rings is 1. The van der Waals surface area contributed by atoms with Crippen molar-refractivity contribution < 1.29 is 0 Å². The van der Waals surface area contributed by atoms with Gasteiger partial charge in [-0.1, -0.05) is 32.3 Å². The van der Waals surface area contributed by atoms with E-state index in [1.165, 1.54) is 47.2 Å². The molecule has 1 aliphatic rings. The molecule has 0 aliphatic heterocycles. The molecule has 130 valence electrons. The maximum Gasteiger partial charge on any atom is 0.142 e. The van der Waals surface area contributed by atoms with Crippen molar-refractivity contribution in [1.29, 1.82) is 0 Å². The molecule has 0 spiro atoms. The van der Waals surface area contributed by atoms with E-state index in [0.29, 0.717) is 0 Å². The molecule has 4 heteroatoms. The van der Waals surface area contributed by atoms with Gasteiger partial charge in [0.2, 0.25) is 0 Å². The number of hydrogen-bond donors (Lipinski definition) is 0. The molecule has 1 aliphatic carbocycles. The smallest absolute Gasteiger partial charge is 0.142 e. The van der Waals surface area contributed by atoms with Crippen molar-refractivity contribution in [2.24, 2.45) is 7.05 Å². The molecule has 4 rings (SSSR count). The molecule has 0 amide bonds. The normalized spacial score (nSPS) is 15.3. The van der Waals surface area contributed by atoms with E-state index in [-0.39, 0.29) is 0 Å². The van der Waals surface area contributed by atoms with Crippen molar-refractivity contribution in [3.63, 3.8) is 0 Å². The first-order valence-corrected chi connectivity index (χ1v) is 10.2. The fraction of sp³-hybridized carbons (Fsp3) is 0.429. The van der Waals surface area contributed by atoms with Crippen LogP contribution < -0.4 is 0 Å². The Bertz CT molecular complexity index is 878. The van der Waals surface area contributed by atoms with E-state index in [2.05, 4.69) is 47.8 Å². The number of aromatic nitrogens is 3. The molecule has 0 unspecified atom stereocenters. The number of nitrogens with zero attached hydrogens (tertiary/aromatic N) is 3. The maximum absolute atomic E-state index is 4.98. The third kappa shape index (κ3) is 3.32. The predicted molar refractivity (Wildman–Crippen MR) is 106 cm³/mol. The molecular weight excluding hydrogens is 326 g/mol. The standard InChI is InChI=1S/C21H25N3S/c1-3-6-15-9-10-19-18(13-15)23-21(24(19)2)17-11-12-22-14-20(17)25-16-7-4-5-8-16/h9-14,16H,3-8H2,1-2H3. The zero-order valence-corrected chi connectivity index (χ0v) is 15.9. The third-order valence-corrected chi connectivity index (χ3v) is 6.49. The molecule has 1 saturated carbocycles. The molecule has 0 saturated heterocycles. The molecule has 2 heterocycles. The van der Waals surface area contributed by atoms with Crippen LogP contribution >= 0.6 is 11.8 Å². The molecular formula is C21H25N3S. The topological polar surface area (TPSA) is 30.7 Å². The van der Waals surface area contributed by atoms with Crippen LogP contribution in [0.25, 0.3) is 22.4 Å². The summed E-state index contributed by atoms with van der Waals surface area (Å²) in [5.41, 5.74) is 4.87. The minimum atomic E-state index is 0.730. The molecule has 0 N–H and O–H groups in total. The Morgan fingerprint density at radius 1 is 1.20 bits per heavy atom. The van der Waals surface area contributed by atoms with Crippen LogP contribution in [0.15, 0.2) is 41.6 Å². The highest BCUT2D eigenvalue weighted by molar-refractivity contribution is 8.00. The molecule has 3 nitrogen and oxygen atoms in total. The lowest BCUT2D eigenvalue weighted by atomic mass is 10.1. The summed E-state index contributed by atoms with van der Waals surface area (Å²) in [5.74, 6) is 1.05. The van der Waals surface area contributed by atoms with Gasteiger partial charge in [0.25, 0.3) is 0 Å². The molecule has 2 aromatic heterocycles. The van der Waals surface area contributed by atoms with Crippen LogP contribution in [-0.2, 0) is 13.5 Å². The Labute approximate surface area is 153 Å². The van der Waals surface area contributed by atoms with Crippen LogP contribution in [0.5, 0.6) is 0 Å². The highest BCUT2D eigenvalue weighted by Gasteiger charge is 2.20. The Hall–Kier alpha value is -1.81. The number of imidazole rings is 1. The molecule has 1 fully saturated rings.